The normalized spacial score (nSPS) is 13.7. The molecular formula is C16H26ClNO. The summed E-state index contributed by atoms with van der Waals surface area (Å²) >= 11 is 6.22. The SMILES string of the molecule is Cc1ccc(OC(CNC(C)(C)C)C(C)C)c(Cl)c1. The Kier molecular flexibility index (Phi) is 5.69. The van der Waals surface area contributed by atoms with Crippen molar-refractivity contribution in [2.45, 2.75) is 53.2 Å². The highest BCUT2D eigenvalue weighted by Crippen LogP contribution is 2.27. The Labute approximate surface area is 122 Å². The van der Waals surface area contributed by atoms with E-state index in [2.05, 4.69) is 39.9 Å². The molecule has 2 nitrogen and oxygen atoms in total. The zero-order chi connectivity index (χ0) is 14.6. The molecule has 108 valence electrons. The van der Waals surface area contributed by atoms with Gasteiger partial charge in [-0.05, 0) is 51.3 Å². The van der Waals surface area contributed by atoms with Crippen molar-refractivity contribution in [2.24, 2.45) is 5.92 Å². The molecule has 0 aliphatic heterocycles. The van der Waals surface area contributed by atoms with E-state index in [9.17, 15) is 0 Å². The van der Waals surface area contributed by atoms with Crippen LogP contribution in [-0.4, -0.2) is 18.2 Å². The van der Waals surface area contributed by atoms with E-state index in [0.717, 1.165) is 17.9 Å². The predicted octanol–water partition coefficient (Wildman–Crippen LogP) is 4.44. The summed E-state index contributed by atoms with van der Waals surface area (Å²) in [6.45, 7) is 13.6. The average Bonchev–Trinajstić information content (AvgIpc) is 2.24. The minimum absolute atomic E-state index is 0.0908. The van der Waals surface area contributed by atoms with Gasteiger partial charge in [-0.1, -0.05) is 31.5 Å². The van der Waals surface area contributed by atoms with Crippen LogP contribution in [0.4, 0.5) is 0 Å². The first-order valence-electron chi connectivity index (χ1n) is 6.87. The maximum Gasteiger partial charge on any atom is 0.138 e. The highest BCUT2D eigenvalue weighted by atomic mass is 35.5. The van der Waals surface area contributed by atoms with Crippen molar-refractivity contribution in [3.63, 3.8) is 0 Å². The fourth-order valence-corrected chi connectivity index (χ4v) is 1.96. The highest BCUT2D eigenvalue weighted by molar-refractivity contribution is 6.32. The van der Waals surface area contributed by atoms with E-state index in [-0.39, 0.29) is 11.6 Å². The lowest BCUT2D eigenvalue weighted by Crippen LogP contribution is -2.44. The molecule has 0 radical (unpaired) electrons. The van der Waals surface area contributed by atoms with Gasteiger partial charge in [-0.15, -0.1) is 0 Å². The van der Waals surface area contributed by atoms with Crippen molar-refractivity contribution in [1.82, 2.24) is 5.32 Å². The van der Waals surface area contributed by atoms with E-state index in [1.54, 1.807) is 0 Å². The first kappa shape index (κ1) is 16.3. The highest BCUT2D eigenvalue weighted by Gasteiger charge is 2.19. The van der Waals surface area contributed by atoms with Crippen LogP contribution in [0.3, 0.4) is 0 Å². The number of hydrogen-bond donors (Lipinski definition) is 1. The summed E-state index contributed by atoms with van der Waals surface area (Å²) in [5, 5.41) is 4.17. The van der Waals surface area contributed by atoms with E-state index >= 15 is 0 Å². The van der Waals surface area contributed by atoms with Crippen molar-refractivity contribution in [2.75, 3.05) is 6.54 Å². The Hall–Kier alpha value is -0.730. The molecule has 0 aliphatic rings. The van der Waals surface area contributed by atoms with Gasteiger partial charge >= 0.3 is 0 Å². The minimum atomic E-state index is 0.0908. The van der Waals surface area contributed by atoms with Gasteiger partial charge in [0, 0.05) is 12.1 Å². The summed E-state index contributed by atoms with van der Waals surface area (Å²) in [6.07, 6.45) is 0.111. The van der Waals surface area contributed by atoms with Crippen LogP contribution in [-0.2, 0) is 0 Å². The van der Waals surface area contributed by atoms with E-state index in [0.29, 0.717) is 10.9 Å². The molecular weight excluding hydrogens is 258 g/mol. The minimum Gasteiger partial charge on any atom is -0.487 e. The maximum atomic E-state index is 6.22. The summed E-state index contributed by atoms with van der Waals surface area (Å²) in [5.41, 5.74) is 1.24. The van der Waals surface area contributed by atoms with Gasteiger partial charge in [0.15, 0.2) is 0 Å². The molecule has 0 heterocycles. The lowest BCUT2D eigenvalue weighted by atomic mass is 10.0. The molecule has 1 unspecified atom stereocenters. The molecule has 1 atom stereocenters. The summed E-state index contributed by atoms with van der Waals surface area (Å²) in [6, 6.07) is 5.91. The number of aryl methyl sites for hydroxylation is 1. The molecule has 0 saturated heterocycles. The standard InChI is InChI=1S/C16H26ClNO/c1-11(2)15(10-18-16(4,5)6)19-14-8-7-12(3)9-13(14)17/h7-9,11,15,18H,10H2,1-6H3. The van der Waals surface area contributed by atoms with Gasteiger partial charge in [-0.3, -0.25) is 0 Å². The van der Waals surface area contributed by atoms with Crippen molar-refractivity contribution in [3.8, 4) is 5.75 Å². The summed E-state index contributed by atoms with van der Waals surface area (Å²) < 4.78 is 6.06. The van der Waals surface area contributed by atoms with E-state index < -0.39 is 0 Å². The molecule has 3 heteroatoms. The van der Waals surface area contributed by atoms with E-state index in [1.165, 1.54) is 0 Å². The molecule has 1 N–H and O–H groups in total. The summed E-state index contributed by atoms with van der Waals surface area (Å²) in [5.74, 6) is 1.19. The second-order valence-corrected chi connectivity index (χ2v) is 6.87. The largest absolute Gasteiger partial charge is 0.487 e. The monoisotopic (exact) mass is 283 g/mol. The second kappa shape index (κ2) is 6.62. The molecule has 0 bridgehead atoms. The molecule has 0 amide bonds. The Morgan fingerprint density at radius 2 is 1.89 bits per heavy atom. The molecule has 19 heavy (non-hydrogen) atoms. The Bertz CT molecular complexity index is 410. The molecule has 0 aromatic heterocycles. The van der Waals surface area contributed by atoms with Gasteiger partial charge in [0.1, 0.15) is 11.9 Å². The van der Waals surface area contributed by atoms with E-state index in [4.69, 9.17) is 16.3 Å². The van der Waals surface area contributed by atoms with Gasteiger partial charge in [0.2, 0.25) is 0 Å². The number of halogens is 1. The number of rotatable bonds is 5. The van der Waals surface area contributed by atoms with Crippen LogP contribution in [0.25, 0.3) is 0 Å². The van der Waals surface area contributed by atoms with Crippen molar-refractivity contribution in [3.05, 3.63) is 28.8 Å². The van der Waals surface area contributed by atoms with Gasteiger partial charge in [-0.2, -0.15) is 0 Å². The number of nitrogens with one attached hydrogen (secondary N) is 1. The molecule has 0 saturated carbocycles. The topological polar surface area (TPSA) is 21.3 Å². The smallest absolute Gasteiger partial charge is 0.138 e. The lowest BCUT2D eigenvalue weighted by molar-refractivity contribution is 0.140. The zero-order valence-electron chi connectivity index (χ0n) is 12.9. The van der Waals surface area contributed by atoms with Crippen LogP contribution >= 0.6 is 11.6 Å². The fraction of sp³-hybridized carbons (Fsp3) is 0.625. The second-order valence-electron chi connectivity index (χ2n) is 6.47. The van der Waals surface area contributed by atoms with Crippen molar-refractivity contribution < 1.29 is 4.74 Å². The van der Waals surface area contributed by atoms with E-state index in [1.807, 2.05) is 25.1 Å². The molecule has 0 fully saturated rings. The van der Waals surface area contributed by atoms with Crippen LogP contribution in [0.2, 0.25) is 5.02 Å². The Morgan fingerprint density at radius 3 is 2.37 bits per heavy atom. The first-order chi connectivity index (χ1) is 8.69. The quantitative estimate of drug-likeness (QED) is 0.862. The molecule has 1 aromatic rings. The summed E-state index contributed by atoms with van der Waals surface area (Å²) in [4.78, 5) is 0. The van der Waals surface area contributed by atoms with Crippen molar-refractivity contribution in [1.29, 1.82) is 0 Å². The van der Waals surface area contributed by atoms with Crippen LogP contribution in [0.1, 0.15) is 40.2 Å². The van der Waals surface area contributed by atoms with Crippen LogP contribution in [0, 0.1) is 12.8 Å². The molecule has 0 spiro atoms. The first-order valence-corrected chi connectivity index (χ1v) is 7.24. The molecule has 1 rings (SSSR count). The average molecular weight is 284 g/mol. The van der Waals surface area contributed by atoms with Gasteiger partial charge in [-0.25, -0.2) is 0 Å². The molecule has 1 aromatic carbocycles. The Morgan fingerprint density at radius 1 is 1.26 bits per heavy atom. The maximum absolute atomic E-state index is 6.22. The third-order valence-corrected chi connectivity index (χ3v) is 3.24. The van der Waals surface area contributed by atoms with Crippen LogP contribution in [0.15, 0.2) is 18.2 Å². The van der Waals surface area contributed by atoms with Crippen LogP contribution in [0.5, 0.6) is 5.75 Å². The number of benzene rings is 1. The third-order valence-electron chi connectivity index (χ3n) is 2.94. The third kappa shape index (κ3) is 5.84. The zero-order valence-corrected chi connectivity index (χ0v) is 13.6. The van der Waals surface area contributed by atoms with Gasteiger partial charge in [0.25, 0.3) is 0 Å². The van der Waals surface area contributed by atoms with Gasteiger partial charge < -0.3 is 10.1 Å². The fourth-order valence-electron chi connectivity index (χ4n) is 1.68. The number of ether oxygens (including phenoxy) is 1. The van der Waals surface area contributed by atoms with Crippen molar-refractivity contribution >= 4 is 11.6 Å². The predicted molar refractivity (Wildman–Crippen MR) is 83.2 cm³/mol. The lowest BCUT2D eigenvalue weighted by Gasteiger charge is -2.28. The van der Waals surface area contributed by atoms with Gasteiger partial charge in [0.05, 0.1) is 5.02 Å². The summed E-state index contributed by atoms with van der Waals surface area (Å²) in [7, 11) is 0. The number of hydrogen-bond acceptors (Lipinski definition) is 2. The van der Waals surface area contributed by atoms with Crippen LogP contribution < -0.4 is 10.1 Å². The Balaban J connectivity index is 2.73. The molecule has 0 aliphatic carbocycles.